The molecule has 2 aliphatic carbocycles. The Labute approximate surface area is 159 Å². The van der Waals surface area contributed by atoms with Crippen LogP contribution in [0.4, 0.5) is 0 Å². The second-order valence-electron chi connectivity index (χ2n) is 7.95. The van der Waals surface area contributed by atoms with E-state index >= 15 is 0 Å². The summed E-state index contributed by atoms with van der Waals surface area (Å²) in [6.45, 7) is 5.29. The maximum atomic E-state index is 12.2. The third-order valence-electron chi connectivity index (χ3n) is 5.52. The molecule has 26 heavy (non-hydrogen) atoms. The van der Waals surface area contributed by atoms with Gasteiger partial charge in [0.05, 0.1) is 6.54 Å². The molecule has 144 valence electrons. The highest BCUT2D eigenvalue weighted by Gasteiger charge is 2.37. The molecule has 1 aromatic rings. The molecule has 0 radical (unpaired) electrons. The van der Waals surface area contributed by atoms with Crippen LogP contribution in [0.2, 0.25) is 0 Å². The highest BCUT2D eigenvalue weighted by atomic mass is 32.1. The summed E-state index contributed by atoms with van der Waals surface area (Å²) in [7, 11) is 0. The van der Waals surface area contributed by atoms with E-state index in [0.29, 0.717) is 18.4 Å². The summed E-state index contributed by atoms with van der Waals surface area (Å²) < 4.78 is 0. The molecule has 2 N–H and O–H groups in total. The van der Waals surface area contributed by atoms with Crippen molar-refractivity contribution in [3.8, 4) is 0 Å². The molecule has 0 spiro atoms. The van der Waals surface area contributed by atoms with Gasteiger partial charge in [-0.2, -0.15) is 0 Å². The predicted molar refractivity (Wildman–Crippen MR) is 104 cm³/mol. The minimum absolute atomic E-state index is 0.126. The molecule has 0 atom stereocenters. The van der Waals surface area contributed by atoms with Crippen molar-refractivity contribution < 1.29 is 14.7 Å². The second kappa shape index (κ2) is 8.53. The number of thiophene rings is 1. The average molecular weight is 379 g/mol. The van der Waals surface area contributed by atoms with Crippen LogP contribution in [-0.4, -0.2) is 47.1 Å². The van der Waals surface area contributed by atoms with E-state index in [1.165, 1.54) is 28.2 Å². The Morgan fingerprint density at radius 1 is 1.31 bits per heavy atom. The van der Waals surface area contributed by atoms with Crippen LogP contribution < -0.4 is 5.32 Å². The van der Waals surface area contributed by atoms with Crippen LogP contribution in [0, 0.1) is 19.8 Å². The summed E-state index contributed by atoms with van der Waals surface area (Å²) in [6.07, 6.45) is 6.63. The van der Waals surface area contributed by atoms with Crippen LogP contribution in [-0.2, 0) is 16.0 Å². The summed E-state index contributed by atoms with van der Waals surface area (Å²) >= 11 is 1.82. The quantitative estimate of drug-likeness (QED) is 0.656. The maximum Gasteiger partial charge on any atom is 0.317 e. The molecular formula is C20H30N2O3S. The summed E-state index contributed by atoms with van der Waals surface area (Å²) in [4.78, 5) is 28.0. The highest BCUT2D eigenvalue weighted by molar-refractivity contribution is 7.12. The van der Waals surface area contributed by atoms with E-state index < -0.39 is 5.97 Å². The van der Waals surface area contributed by atoms with Crippen molar-refractivity contribution in [2.45, 2.75) is 70.9 Å². The summed E-state index contributed by atoms with van der Waals surface area (Å²) in [5.41, 5.74) is 1.37. The zero-order chi connectivity index (χ0) is 18.7. The van der Waals surface area contributed by atoms with Gasteiger partial charge in [-0.25, -0.2) is 0 Å². The van der Waals surface area contributed by atoms with Crippen LogP contribution in [0.25, 0.3) is 0 Å². The van der Waals surface area contributed by atoms with E-state index in [0.717, 1.165) is 32.2 Å². The number of amides is 1. The van der Waals surface area contributed by atoms with E-state index in [-0.39, 0.29) is 18.5 Å². The van der Waals surface area contributed by atoms with Crippen molar-refractivity contribution in [3.05, 3.63) is 21.4 Å². The van der Waals surface area contributed by atoms with Gasteiger partial charge in [-0.15, -0.1) is 11.3 Å². The van der Waals surface area contributed by atoms with Crippen LogP contribution in [0.15, 0.2) is 6.07 Å². The number of nitrogens with one attached hydrogen (secondary N) is 1. The zero-order valence-corrected chi connectivity index (χ0v) is 16.6. The van der Waals surface area contributed by atoms with Gasteiger partial charge >= 0.3 is 5.97 Å². The molecule has 6 heteroatoms. The number of aryl methyl sites for hydroxylation is 3. The van der Waals surface area contributed by atoms with Gasteiger partial charge in [0.2, 0.25) is 5.91 Å². The lowest BCUT2D eigenvalue weighted by Gasteiger charge is -2.42. The molecule has 0 saturated heterocycles. The van der Waals surface area contributed by atoms with Crippen LogP contribution in [0.5, 0.6) is 0 Å². The summed E-state index contributed by atoms with van der Waals surface area (Å²) in [6, 6.07) is 2.76. The van der Waals surface area contributed by atoms with Gasteiger partial charge in [-0.1, -0.05) is 0 Å². The van der Waals surface area contributed by atoms with Crippen molar-refractivity contribution in [1.29, 1.82) is 0 Å². The topological polar surface area (TPSA) is 69.6 Å². The third kappa shape index (κ3) is 5.55. The van der Waals surface area contributed by atoms with Gasteiger partial charge < -0.3 is 10.4 Å². The molecule has 0 aliphatic heterocycles. The molecule has 1 amide bonds. The van der Waals surface area contributed by atoms with Crippen LogP contribution >= 0.6 is 11.3 Å². The lowest BCUT2D eigenvalue weighted by molar-refractivity contribution is -0.140. The first kappa shape index (κ1) is 19.4. The number of hydrogen-bond donors (Lipinski definition) is 2. The minimum Gasteiger partial charge on any atom is -0.480 e. The number of carboxylic acids is 1. The minimum atomic E-state index is -0.753. The molecule has 2 saturated carbocycles. The zero-order valence-electron chi connectivity index (χ0n) is 15.8. The molecule has 0 bridgehead atoms. The number of nitrogens with zero attached hydrogens (tertiary/aromatic N) is 1. The number of carbonyl (C=O) groups excluding carboxylic acids is 1. The average Bonchev–Trinajstić information content (AvgIpc) is 3.26. The Balaban J connectivity index is 1.34. The van der Waals surface area contributed by atoms with E-state index in [1.807, 2.05) is 11.3 Å². The SMILES string of the molecule is Cc1cc(CCCC(=O)NC2CC(N(CC(=O)O)CC3CC3)C2)c(C)s1. The molecule has 0 unspecified atom stereocenters. The van der Waals surface area contributed by atoms with Crippen molar-refractivity contribution >= 4 is 23.2 Å². The van der Waals surface area contributed by atoms with E-state index in [4.69, 9.17) is 5.11 Å². The Morgan fingerprint density at radius 2 is 2.04 bits per heavy atom. The van der Waals surface area contributed by atoms with Crippen LogP contribution in [0.1, 0.15) is 53.8 Å². The normalized spacial score (nSPS) is 22.3. The third-order valence-corrected chi connectivity index (χ3v) is 6.52. The standard InChI is InChI=1S/C20H30N2O3S/c1-13-8-16(14(2)26-13)4-3-5-19(23)21-17-9-18(10-17)22(12-20(24)25)11-15-6-7-15/h8,15,17-18H,3-7,9-12H2,1-2H3,(H,21,23)(H,24,25). The van der Waals surface area contributed by atoms with Crippen molar-refractivity contribution in [3.63, 3.8) is 0 Å². The summed E-state index contributed by atoms with van der Waals surface area (Å²) in [5, 5.41) is 12.2. The van der Waals surface area contributed by atoms with Crippen molar-refractivity contribution in [1.82, 2.24) is 10.2 Å². The molecular weight excluding hydrogens is 348 g/mol. The molecule has 1 heterocycles. The molecule has 0 aromatic carbocycles. The van der Waals surface area contributed by atoms with Gasteiger partial charge in [0.15, 0.2) is 0 Å². The lowest BCUT2D eigenvalue weighted by Crippen LogP contribution is -2.55. The van der Waals surface area contributed by atoms with Crippen LogP contribution in [0.3, 0.4) is 0 Å². The first-order chi connectivity index (χ1) is 12.4. The predicted octanol–water partition coefficient (Wildman–Crippen LogP) is 3.13. The smallest absolute Gasteiger partial charge is 0.317 e. The Bertz CT molecular complexity index is 647. The Morgan fingerprint density at radius 3 is 2.62 bits per heavy atom. The summed E-state index contributed by atoms with van der Waals surface area (Å²) in [5.74, 6) is 0.0642. The second-order valence-corrected chi connectivity index (χ2v) is 9.41. The Kier molecular flexibility index (Phi) is 6.35. The largest absolute Gasteiger partial charge is 0.480 e. The lowest BCUT2D eigenvalue weighted by atomic mass is 9.85. The monoisotopic (exact) mass is 378 g/mol. The number of aliphatic carboxylic acids is 1. The maximum absolute atomic E-state index is 12.2. The van der Waals surface area contributed by atoms with E-state index in [1.54, 1.807) is 0 Å². The fourth-order valence-electron chi connectivity index (χ4n) is 3.82. The number of hydrogen-bond acceptors (Lipinski definition) is 4. The van der Waals surface area contributed by atoms with Gasteiger partial charge in [0.1, 0.15) is 0 Å². The molecule has 2 aliphatic rings. The first-order valence-corrected chi connectivity index (χ1v) is 10.5. The van der Waals surface area contributed by atoms with Gasteiger partial charge in [-0.05, 0) is 69.9 Å². The molecule has 1 aromatic heterocycles. The molecule has 5 nitrogen and oxygen atoms in total. The molecule has 2 fully saturated rings. The fourth-order valence-corrected chi connectivity index (χ4v) is 4.80. The number of carboxylic acid groups (broad SMARTS) is 1. The van der Waals surface area contributed by atoms with Gasteiger partial charge in [0.25, 0.3) is 0 Å². The van der Waals surface area contributed by atoms with Gasteiger partial charge in [-0.3, -0.25) is 14.5 Å². The van der Waals surface area contributed by atoms with E-state index in [9.17, 15) is 9.59 Å². The number of rotatable bonds is 10. The Hall–Kier alpha value is -1.40. The van der Waals surface area contributed by atoms with Crippen molar-refractivity contribution in [2.75, 3.05) is 13.1 Å². The highest BCUT2D eigenvalue weighted by Crippen LogP contribution is 2.33. The van der Waals surface area contributed by atoms with Crippen molar-refractivity contribution in [2.24, 2.45) is 5.92 Å². The number of carbonyl (C=O) groups is 2. The first-order valence-electron chi connectivity index (χ1n) is 9.72. The van der Waals surface area contributed by atoms with E-state index in [2.05, 4.69) is 30.1 Å². The molecule has 3 rings (SSSR count). The fraction of sp³-hybridized carbons (Fsp3) is 0.700. The van der Waals surface area contributed by atoms with Gasteiger partial charge in [0, 0.05) is 34.8 Å².